The second kappa shape index (κ2) is 9.96. The molecule has 1 amide bonds. The van der Waals surface area contributed by atoms with Crippen LogP contribution in [-0.2, 0) is 15.8 Å². The van der Waals surface area contributed by atoms with E-state index in [0.717, 1.165) is 18.2 Å². The van der Waals surface area contributed by atoms with Crippen LogP contribution in [0.3, 0.4) is 0 Å². The van der Waals surface area contributed by atoms with Crippen molar-refractivity contribution in [3.05, 3.63) is 58.6 Å². The largest absolute Gasteiger partial charge is 0.481 e. The van der Waals surface area contributed by atoms with Gasteiger partial charge in [-0.3, -0.25) is 9.59 Å². The highest BCUT2D eigenvalue weighted by molar-refractivity contribution is 6.32. The van der Waals surface area contributed by atoms with Crippen molar-refractivity contribution in [3.8, 4) is 17.6 Å². The predicted molar refractivity (Wildman–Crippen MR) is 115 cm³/mol. The van der Waals surface area contributed by atoms with Gasteiger partial charge in [0.25, 0.3) is 5.91 Å². The molecule has 2 aromatic rings. The Morgan fingerprint density at radius 1 is 1.16 bits per heavy atom. The molecule has 0 aromatic heterocycles. The van der Waals surface area contributed by atoms with E-state index in [9.17, 15) is 22.8 Å². The zero-order valence-corrected chi connectivity index (χ0v) is 18.3. The summed E-state index contributed by atoms with van der Waals surface area (Å²) in [7, 11) is 0. The molecule has 0 aliphatic rings. The number of benzene rings is 2. The van der Waals surface area contributed by atoms with Gasteiger partial charge in [0, 0.05) is 5.69 Å². The molecule has 32 heavy (non-hydrogen) atoms. The maximum atomic E-state index is 13.0. The topological polar surface area (TPSA) is 75.6 Å². The van der Waals surface area contributed by atoms with Crippen molar-refractivity contribution in [1.82, 2.24) is 0 Å². The van der Waals surface area contributed by atoms with Gasteiger partial charge in [0.1, 0.15) is 5.75 Å². The number of carboxylic acid groups (broad SMARTS) is 1. The summed E-state index contributed by atoms with van der Waals surface area (Å²) in [6.07, 6.45) is -4.75. The highest BCUT2D eigenvalue weighted by Crippen LogP contribution is 2.36. The maximum Gasteiger partial charge on any atom is 0.416 e. The van der Waals surface area contributed by atoms with Gasteiger partial charge in [-0.2, -0.15) is 13.2 Å². The number of hydrogen-bond acceptors (Lipinski definition) is 3. The Hall–Kier alpha value is -3.18. The molecule has 9 heteroatoms. The first kappa shape index (κ1) is 25.1. The van der Waals surface area contributed by atoms with Crippen LogP contribution in [0.5, 0.6) is 5.75 Å². The van der Waals surface area contributed by atoms with Gasteiger partial charge in [0.2, 0.25) is 0 Å². The molecule has 0 heterocycles. The Labute approximate surface area is 188 Å². The number of ether oxygens (including phenoxy) is 1. The van der Waals surface area contributed by atoms with Crippen LogP contribution in [-0.4, -0.2) is 22.6 Å². The number of amides is 1. The third-order valence-corrected chi connectivity index (χ3v) is 4.75. The number of carbonyl (C=O) groups is 2. The summed E-state index contributed by atoms with van der Waals surface area (Å²) in [4.78, 5) is 23.7. The lowest BCUT2D eigenvalue weighted by atomic mass is 9.96. The molecule has 2 aromatic carbocycles. The Morgan fingerprint density at radius 3 is 2.31 bits per heavy atom. The third-order valence-electron chi connectivity index (χ3n) is 4.44. The average molecular weight is 468 g/mol. The standard InChI is InChI=1S/C23H21ClF3NO4/c1-4-5-15(12-20(29)30)14-6-9-17(10-7-14)28-21(31)22(2,3)32-19-13-16(23(25,26)27)8-11-18(19)24/h6-11,13,15H,12H2,1-3H3,(H,28,31)(H,29,30). The molecule has 0 aliphatic heterocycles. The quantitative estimate of drug-likeness (QED) is 0.509. The molecule has 0 fully saturated rings. The van der Waals surface area contributed by atoms with Crippen LogP contribution < -0.4 is 10.1 Å². The van der Waals surface area contributed by atoms with Gasteiger partial charge in [-0.25, -0.2) is 0 Å². The van der Waals surface area contributed by atoms with Gasteiger partial charge < -0.3 is 15.2 Å². The lowest BCUT2D eigenvalue weighted by Gasteiger charge is -2.26. The van der Waals surface area contributed by atoms with Crippen LogP contribution in [0.2, 0.25) is 5.02 Å². The van der Waals surface area contributed by atoms with Crippen LogP contribution >= 0.6 is 11.6 Å². The molecule has 0 aliphatic carbocycles. The normalized spacial score (nSPS) is 12.3. The number of alkyl halides is 3. The van der Waals surface area contributed by atoms with Gasteiger partial charge in [-0.05, 0) is 56.7 Å². The Kier molecular flexibility index (Phi) is 7.81. The number of carboxylic acids is 1. The fourth-order valence-electron chi connectivity index (χ4n) is 2.76. The molecule has 0 saturated heterocycles. The van der Waals surface area contributed by atoms with E-state index in [-0.39, 0.29) is 17.2 Å². The zero-order valence-electron chi connectivity index (χ0n) is 17.5. The number of hydrogen-bond donors (Lipinski definition) is 2. The number of nitrogens with one attached hydrogen (secondary N) is 1. The van der Waals surface area contributed by atoms with Gasteiger partial charge in [0.05, 0.1) is 22.9 Å². The highest BCUT2D eigenvalue weighted by atomic mass is 35.5. The Bertz CT molecular complexity index is 1050. The summed E-state index contributed by atoms with van der Waals surface area (Å²) in [5.41, 5.74) is -1.43. The van der Waals surface area contributed by atoms with Gasteiger partial charge in [0.15, 0.2) is 5.60 Å². The van der Waals surface area contributed by atoms with E-state index in [4.69, 9.17) is 21.4 Å². The minimum Gasteiger partial charge on any atom is -0.481 e. The molecule has 1 atom stereocenters. The number of aliphatic carboxylic acids is 1. The highest BCUT2D eigenvalue weighted by Gasteiger charge is 2.34. The maximum absolute atomic E-state index is 13.0. The third kappa shape index (κ3) is 6.66. The summed E-state index contributed by atoms with van der Waals surface area (Å²) in [6.45, 7) is 4.40. The fourth-order valence-corrected chi connectivity index (χ4v) is 2.92. The van der Waals surface area contributed by atoms with Gasteiger partial charge in [-0.15, -0.1) is 5.92 Å². The monoisotopic (exact) mass is 467 g/mol. The number of halogens is 4. The molecule has 0 spiro atoms. The van der Waals surface area contributed by atoms with Crippen molar-refractivity contribution >= 4 is 29.2 Å². The lowest BCUT2D eigenvalue weighted by Crippen LogP contribution is -2.42. The van der Waals surface area contributed by atoms with Crippen molar-refractivity contribution < 1.29 is 32.6 Å². The minimum absolute atomic E-state index is 0.0651. The van der Waals surface area contributed by atoms with Crippen LogP contribution in [0.25, 0.3) is 0 Å². The van der Waals surface area contributed by atoms with E-state index in [1.165, 1.54) is 13.8 Å². The van der Waals surface area contributed by atoms with Crippen LogP contribution in [0, 0.1) is 11.8 Å². The van der Waals surface area contributed by atoms with Crippen LogP contribution in [0.4, 0.5) is 18.9 Å². The smallest absolute Gasteiger partial charge is 0.416 e. The number of carbonyl (C=O) groups excluding carboxylic acids is 1. The second-order valence-corrected chi connectivity index (χ2v) is 7.78. The molecule has 1 unspecified atom stereocenters. The lowest BCUT2D eigenvalue weighted by molar-refractivity contribution is -0.138. The second-order valence-electron chi connectivity index (χ2n) is 7.38. The van der Waals surface area contributed by atoms with Crippen molar-refractivity contribution in [2.45, 2.75) is 44.9 Å². The van der Waals surface area contributed by atoms with Crippen molar-refractivity contribution in [2.24, 2.45) is 0 Å². The minimum atomic E-state index is -4.59. The molecule has 2 N–H and O–H groups in total. The Morgan fingerprint density at radius 2 is 1.78 bits per heavy atom. The van der Waals surface area contributed by atoms with Crippen molar-refractivity contribution in [3.63, 3.8) is 0 Å². The van der Waals surface area contributed by atoms with Crippen LogP contribution in [0.15, 0.2) is 42.5 Å². The molecule has 0 radical (unpaired) electrons. The average Bonchev–Trinajstić information content (AvgIpc) is 2.68. The number of rotatable bonds is 7. The number of anilines is 1. The van der Waals surface area contributed by atoms with Gasteiger partial charge >= 0.3 is 12.1 Å². The first-order valence-corrected chi connectivity index (χ1v) is 9.82. The molecular weight excluding hydrogens is 447 g/mol. The molecule has 5 nitrogen and oxygen atoms in total. The first-order chi connectivity index (χ1) is 14.8. The summed E-state index contributed by atoms with van der Waals surface area (Å²) in [5, 5.41) is 11.6. The predicted octanol–water partition coefficient (Wildman–Crippen LogP) is 5.74. The van der Waals surface area contributed by atoms with E-state index < -0.39 is 35.1 Å². The summed E-state index contributed by atoms with van der Waals surface area (Å²) in [6, 6.07) is 9.06. The zero-order chi connectivity index (χ0) is 24.1. The molecule has 0 bridgehead atoms. The molecule has 0 saturated carbocycles. The first-order valence-electron chi connectivity index (χ1n) is 9.44. The molecule has 2 rings (SSSR count). The van der Waals surface area contributed by atoms with E-state index in [1.54, 1.807) is 31.2 Å². The molecular formula is C23H21ClF3NO4. The Balaban J connectivity index is 2.16. The SMILES string of the molecule is CC#CC(CC(=O)O)c1ccc(NC(=O)C(C)(C)Oc2cc(C(F)(F)F)ccc2Cl)cc1. The van der Waals surface area contributed by atoms with E-state index in [0.29, 0.717) is 11.3 Å². The summed E-state index contributed by atoms with van der Waals surface area (Å²) in [5.74, 6) is 3.16. The van der Waals surface area contributed by atoms with Crippen molar-refractivity contribution in [2.75, 3.05) is 5.32 Å². The van der Waals surface area contributed by atoms with Gasteiger partial charge in [-0.1, -0.05) is 29.7 Å². The van der Waals surface area contributed by atoms with E-state index >= 15 is 0 Å². The molecule has 170 valence electrons. The summed E-state index contributed by atoms with van der Waals surface area (Å²) >= 11 is 5.95. The fraction of sp³-hybridized carbons (Fsp3) is 0.304. The van der Waals surface area contributed by atoms with E-state index in [2.05, 4.69) is 17.2 Å². The van der Waals surface area contributed by atoms with Crippen molar-refractivity contribution in [1.29, 1.82) is 0 Å². The van der Waals surface area contributed by atoms with E-state index in [1.807, 2.05) is 0 Å². The summed E-state index contributed by atoms with van der Waals surface area (Å²) < 4.78 is 44.4. The van der Waals surface area contributed by atoms with Crippen LogP contribution in [0.1, 0.15) is 44.2 Å².